The first-order valence-electron chi connectivity index (χ1n) is 9.51. The normalized spacial score (nSPS) is 12.5. The lowest BCUT2D eigenvalue weighted by atomic mass is 10.1. The van der Waals surface area contributed by atoms with Gasteiger partial charge in [-0.1, -0.05) is 13.0 Å². The van der Waals surface area contributed by atoms with E-state index in [1.54, 1.807) is 10.6 Å². The largest absolute Gasteiger partial charge is 0.469 e. The van der Waals surface area contributed by atoms with Gasteiger partial charge in [-0.05, 0) is 43.2 Å². The quantitative estimate of drug-likeness (QED) is 0.626. The van der Waals surface area contributed by atoms with Crippen LogP contribution in [-0.2, 0) is 28.5 Å². The van der Waals surface area contributed by atoms with Gasteiger partial charge >= 0.3 is 12.1 Å². The SMILES string of the molecule is CC[C@H](C)n1c(CCO)ccc1C(=O)Nc1cc(CC(=O)OC)ccc1C(F)(F)F. The zero-order valence-corrected chi connectivity index (χ0v) is 17.0. The molecule has 30 heavy (non-hydrogen) atoms. The summed E-state index contributed by atoms with van der Waals surface area (Å²) in [5.74, 6) is -1.31. The van der Waals surface area contributed by atoms with Crippen LogP contribution in [0.4, 0.5) is 18.9 Å². The van der Waals surface area contributed by atoms with Crippen molar-refractivity contribution in [3.63, 3.8) is 0 Å². The van der Waals surface area contributed by atoms with Crippen LogP contribution in [0.2, 0.25) is 0 Å². The van der Waals surface area contributed by atoms with Crippen LogP contribution >= 0.6 is 0 Å². The third kappa shape index (κ3) is 5.41. The first-order chi connectivity index (χ1) is 14.1. The second-order valence-corrected chi connectivity index (χ2v) is 6.90. The number of aromatic nitrogens is 1. The molecule has 0 radical (unpaired) electrons. The number of ether oxygens (including phenoxy) is 1. The molecule has 0 spiro atoms. The molecule has 1 heterocycles. The number of hydrogen-bond donors (Lipinski definition) is 2. The van der Waals surface area contributed by atoms with E-state index in [0.29, 0.717) is 18.5 Å². The summed E-state index contributed by atoms with van der Waals surface area (Å²) in [5, 5.41) is 11.6. The third-order valence-corrected chi connectivity index (χ3v) is 4.85. The molecule has 0 bridgehead atoms. The average molecular weight is 426 g/mol. The number of esters is 1. The molecule has 9 heteroatoms. The van der Waals surface area contributed by atoms with Crippen LogP contribution in [0.3, 0.4) is 0 Å². The fourth-order valence-corrected chi connectivity index (χ4v) is 3.17. The minimum absolute atomic E-state index is 0.0879. The predicted octanol–water partition coefficient (Wildman–Crippen LogP) is 3.98. The zero-order chi connectivity index (χ0) is 22.5. The third-order valence-electron chi connectivity index (χ3n) is 4.85. The molecule has 1 amide bonds. The molecule has 1 aromatic carbocycles. The van der Waals surface area contributed by atoms with Gasteiger partial charge in [0.15, 0.2) is 0 Å². The molecule has 0 fully saturated rings. The molecule has 6 nitrogen and oxygen atoms in total. The molecule has 0 aliphatic rings. The number of alkyl halides is 3. The molecular formula is C21H25F3N2O4. The fourth-order valence-electron chi connectivity index (χ4n) is 3.17. The summed E-state index contributed by atoms with van der Waals surface area (Å²) in [4.78, 5) is 24.4. The van der Waals surface area contributed by atoms with Gasteiger partial charge in [-0.3, -0.25) is 9.59 Å². The van der Waals surface area contributed by atoms with E-state index in [0.717, 1.165) is 12.1 Å². The van der Waals surface area contributed by atoms with Gasteiger partial charge < -0.3 is 19.7 Å². The fraction of sp³-hybridized carbons (Fsp3) is 0.429. The van der Waals surface area contributed by atoms with Crippen molar-refractivity contribution < 1.29 is 32.6 Å². The number of anilines is 1. The highest BCUT2D eigenvalue weighted by Crippen LogP contribution is 2.36. The summed E-state index contributed by atoms with van der Waals surface area (Å²) < 4.78 is 46.6. The molecule has 1 aromatic heterocycles. The lowest BCUT2D eigenvalue weighted by Crippen LogP contribution is -2.22. The highest BCUT2D eigenvalue weighted by molar-refractivity contribution is 6.04. The Morgan fingerprint density at radius 3 is 2.50 bits per heavy atom. The summed E-state index contributed by atoms with van der Waals surface area (Å²) in [6.07, 6.45) is -3.90. The summed E-state index contributed by atoms with van der Waals surface area (Å²) in [5.41, 5.74) is -0.258. The summed E-state index contributed by atoms with van der Waals surface area (Å²) in [6.45, 7) is 3.69. The van der Waals surface area contributed by atoms with Crippen molar-refractivity contribution in [3.05, 3.63) is 52.8 Å². The van der Waals surface area contributed by atoms with E-state index in [1.165, 1.54) is 19.2 Å². The molecule has 2 N–H and O–H groups in total. The highest BCUT2D eigenvalue weighted by Gasteiger charge is 2.34. The number of nitrogens with one attached hydrogen (secondary N) is 1. The molecule has 2 rings (SSSR count). The van der Waals surface area contributed by atoms with Crippen LogP contribution < -0.4 is 5.32 Å². The Morgan fingerprint density at radius 2 is 1.93 bits per heavy atom. The van der Waals surface area contributed by atoms with Crippen molar-refractivity contribution >= 4 is 17.6 Å². The van der Waals surface area contributed by atoms with Crippen LogP contribution in [0, 0.1) is 0 Å². The van der Waals surface area contributed by atoms with Gasteiger partial charge in [0.1, 0.15) is 5.69 Å². The van der Waals surface area contributed by atoms with Gasteiger partial charge in [-0.25, -0.2) is 0 Å². The number of hydrogen-bond acceptors (Lipinski definition) is 4. The average Bonchev–Trinajstić information content (AvgIpc) is 3.10. The summed E-state index contributed by atoms with van der Waals surface area (Å²) in [7, 11) is 1.18. The summed E-state index contributed by atoms with van der Waals surface area (Å²) in [6, 6.07) is 6.25. The van der Waals surface area contributed by atoms with Crippen LogP contribution in [-0.4, -0.2) is 35.3 Å². The lowest BCUT2D eigenvalue weighted by molar-refractivity contribution is -0.139. The van der Waals surface area contributed by atoms with E-state index >= 15 is 0 Å². The maximum atomic E-state index is 13.5. The van der Waals surface area contributed by atoms with Crippen LogP contribution in [0.15, 0.2) is 30.3 Å². The van der Waals surface area contributed by atoms with E-state index in [-0.39, 0.29) is 30.3 Å². The van der Waals surface area contributed by atoms with E-state index < -0.39 is 29.3 Å². The first-order valence-corrected chi connectivity index (χ1v) is 9.51. The molecule has 1 atom stereocenters. The van der Waals surface area contributed by atoms with Crippen molar-refractivity contribution in [2.24, 2.45) is 0 Å². The topological polar surface area (TPSA) is 80.6 Å². The number of benzene rings is 1. The Hall–Kier alpha value is -2.81. The molecule has 0 unspecified atom stereocenters. The number of amides is 1. The number of aliphatic hydroxyl groups is 1. The molecule has 0 saturated carbocycles. The van der Waals surface area contributed by atoms with E-state index in [2.05, 4.69) is 10.1 Å². The predicted molar refractivity (Wildman–Crippen MR) is 105 cm³/mol. The van der Waals surface area contributed by atoms with Gasteiger partial charge in [0.25, 0.3) is 5.91 Å². The Kier molecular flexibility index (Phi) is 7.66. The Labute approximate surface area is 172 Å². The number of methoxy groups -OCH3 is 1. The molecule has 0 saturated heterocycles. The van der Waals surface area contributed by atoms with Gasteiger partial charge in [0, 0.05) is 24.8 Å². The minimum Gasteiger partial charge on any atom is -0.469 e. The van der Waals surface area contributed by atoms with Crippen LogP contribution in [0.5, 0.6) is 0 Å². The highest BCUT2D eigenvalue weighted by atomic mass is 19.4. The second kappa shape index (κ2) is 9.80. The Balaban J connectivity index is 2.44. The molecule has 2 aromatic rings. The first kappa shape index (κ1) is 23.5. The van der Waals surface area contributed by atoms with Crippen molar-refractivity contribution in [1.82, 2.24) is 4.57 Å². The van der Waals surface area contributed by atoms with Gasteiger partial charge in [0.05, 0.1) is 24.8 Å². The van der Waals surface area contributed by atoms with Crippen molar-refractivity contribution in [1.29, 1.82) is 0 Å². The van der Waals surface area contributed by atoms with Crippen LogP contribution in [0.1, 0.15) is 53.6 Å². The standard InChI is InChI=1S/C21H25F3N2O4/c1-4-13(2)26-15(9-10-27)6-8-18(26)20(29)25-17-11-14(12-19(28)30-3)5-7-16(17)21(22,23)24/h5-8,11,13,27H,4,9-10,12H2,1-3H3,(H,25,29)/t13-/m0/s1. The maximum absolute atomic E-state index is 13.5. The van der Waals surface area contributed by atoms with Crippen molar-refractivity contribution in [3.8, 4) is 0 Å². The van der Waals surface area contributed by atoms with E-state index in [4.69, 9.17) is 0 Å². The number of aliphatic hydroxyl groups excluding tert-OH is 1. The van der Waals surface area contributed by atoms with Gasteiger partial charge in [0.2, 0.25) is 0 Å². The van der Waals surface area contributed by atoms with E-state index in [1.807, 2.05) is 13.8 Å². The Morgan fingerprint density at radius 1 is 1.23 bits per heavy atom. The number of carbonyl (C=O) groups is 2. The number of carbonyl (C=O) groups excluding carboxylic acids is 2. The van der Waals surface area contributed by atoms with Gasteiger partial charge in [-0.2, -0.15) is 13.2 Å². The Bertz CT molecular complexity index is 906. The smallest absolute Gasteiger partial charge is 0.418 e. The lowest BCUT2D eigenvalue weighted by Gasteiger charge is -2.20. The van der Waals surface area contributed by atoms with Crippen molar-refractivity contribution in [2.45, 2.75) is 45.3 Å². The molecule has 164 valence electrons. The molecular weight excluding hydrogens is 401 g/mol. The number of rotatable bonds is 8. The van der Waals surface area contributed by atoms with Crippen LogP contribution in [0.25, 0.3) is 0 Å². The molecule has 0 aliphatic heterocycles. The number of halogens is 3. The summed E-state index contributed by atoms with van der Waals surface area (Å²) >= 11 is 0. The number of nitrogens with zero attached hydrogens (tertiary/aromatic N) is 1. The minimum atomic E-state index is -4.69. The van der Waals surface area contributed by atoms with Crippen molar-refractivity contribution in [2.75, 3.05) is 19.0 Å². The maximum Gasteiger partial charge on any atom is 0.418 e. The molecule has 0 aliphatic carbocycles. The second-order valence-electron chi connectivity index (χ2n) is 6.90. The monoisotopic (exact) mass is 426 g/mol. The van der Waals surface area contributed by atoms with Gasteiger partial charge in [-0.15, -0.1) is 0 Å². The van der Waals surface area contributed by atoms with E-state index in [9.17, 15) is 27.9 Å². The zero-order valence-electron chi connectivity index (χ0n) is 17.0.